The number of piperidine rings is 1. The topological polar surface area (TPSA) is 32.3 Å². The minimum absolute atomic E-state index is 0.0499. The molecule has 1 aliphatic heterocycles. The van der Waals surface area contributed by atoms with Crippen molar-refractivity contribution in [3.8, 4) is 0 Å². The molecule has 0 bridgehead atoms. The largest absolute Gasteiger partial charge is 0.322 e. The highest BCUT2D eigenvalue weighted by Gasteiger charge is 2.25. The van der Waals surface area contributed by atoms with Crippen LogP contribution in [0.15, 0.2) is 24.3 Å². The number of hydrogen-bond donors (Lipinski definition) is 1. The number of benzene rings is 1. The fraction of sp³-hybridized carbons (Fsp3) is 0.588. The fourth-order valence-corrected chi connectivity index (χ4v) is 2.84. The first kappa shape index (κ1) is 14.9. The molecule has 3 nitrogen and oxygen atoms in total. The second-order valence-electron chi connectivity index (χ2n) is 5.96. The number of rotatable bonds is 3. The number of hydrogen-bond acceptors (Lipinski definition) is 1. The third kappa shape index (κ3) is 3.53. The summed E-state index contributed by atoms with van der Waals surface area (Å²) in [5.41, 5.74) is 2.19. The summed E-state index contributed by atoms with van der Waals surface area (Å²) in [6.07, 6.45) is 4.54. The average Bonchev–Trinajstić information content (AvgIpc) is 2.47. The van der Waals surface area contributed by atoms with Crippen LogP contribution in [0.25, 0.3) is 0 Å². The zero-order valence-corrected chi connectivity index (χ0v) is 12.9. The van der Waals surface area contributed by atoms with Crippen molar-refractivity contribution in [3.05, 3.63) is 29.8 Å². The molecule has 2 rings (SSSR count). The second kappa shape index (κ2) is 6.78. The van der Waals surface area contributed by atoms with Crippen LogP contribution in [0, 0.1) is 0 Å². The van der Waals surface area contributed by atoms with Gasteiger partial charge in [-0.1, -0.05) is 32.9 Å². The lowest BCUT2D eigenvalue weighted by Crippen LogP contribution is -2.45. The van der Waals surface area contributed by atoms with Crippen LogP contribution in [-0.2, 0) is 0 Å². The maximum Gasteiger partial charge on any atom is 0.322 e. The van der Waals surface area contributed by atoms with E-state index in [9.17, 15) is 4.79 Å². The van der Waals surface area contributed by atoms with E-state index in [0.717, 1.165) is 31.5 Å². The first-order valence-corrected chi connectivity index (χ1v) is 7.79. The molecule has 1 saturated heterocycles. The third-order valence-electron chi connectivity index (χ3n) is 4.19. The standard InChI is InChI=1S/C17H26N2O/c1-4-16-7-5-6-12-19(16)17(20)18-15-10-8-14(9-11-15)13(2)3/h8-11,13,16H,4-7,12H2,1-3H3,(H,18,20). The summed E-state index contributed by atoms with van der Waals surface area (Å²) in [6.45, 7) is 7.39. The Balaban J connectivity index is 1.99. The van der Waals surface area contributed by atoms with Gasteiger partial charge in [0, 0.05) is 18.3 Å². The highest BCUT2D eigenvalue weighted by Crippen LogP contribution is 2.21. The SMILES string of the molecule is CCC1CCCCN1C(=O)Nc1ccc(C(C)C)cc1. The van der Waals surface area contributed by atoms with E-state index in [0.29, 0.717) is 12.0 Å². The van der Waals surface area contributed by atoms with E-state index < -0.39 is 0 Å². The molecule has 110 valence electrons. The van der Waals surface area contributed by atoms with Crippen molar-refractivity contribution in [3.63, 3.8) is 0 Å². The van der Waals surface area contributed by atoms with Crippen molar-refractivity contribution >= 4 is 11.7 Å². The molecule has 1 unspecified atom stereocenters. The molecule has 1 N–H and O–H groups in total. The Labute approximate surface area is 122 Å². The fourth-order valence-electron chi connectivity index (χ4n) is 2.84. The summed E-state index contributed by atoms with van der Waals surface area (Å²) in [6, 6.07) is 8.63. The van der Waals surface area contributed by atoms with E-state index in [1.807, 2.05) is 17.0 Å². The second-order valence-corrected chi connectivity index (χ2v) is 5.96. The molecule has 0 aromatic heterocycles. The van der Waals surface area contributed by atoms with Crippen molar-refractivity contribution in [2.45, 2.75) is 58.4 Å². The van der Waals surface area contributed by atoms with Gasteiger partial charge in [-0.2, -0.15) is 0 Å². The van der Waals surface area contributed by atoms with E-state index in [-0.39, 0.29) is 6.03 Å². The molecule has 1 atom stereocenters. The number of nitrogens with zero attached hydrogens (tertiary/aromatic N) is 1. The number of urea groups is 1. The van der Waals surface area contributed by atoms with E-state index in [2.05, 4.69) is 38.2 Å². The number of likely N-dealkylation sites (tertiary alicyclic amines) is 1. The van der Waals surface area contributed by atoms with Gasteiger partial charge >= 0.3 is 6.03 Å². The lowest BCUT2D eigenvalue weighted by Gasteiger charge is -2.35. The average molecular weight is 274 g/mol. The normalized spacial score (nSPS) is 19.2. The maximum atomic E-state index is 12.4. The molecular formula is C17H26N2O. The van der Waals surface area contributed by atoms with Crippen LogP contribution in [-0.4, -0.2) is 23.5 Å². The molecule has 1 heterocycles. The van der Waals surface area contributed by atoms with Gasteiger partial charge < -0.3 is 10.2 Å². The Morgan fingerprint density at radius 1 is 1.30 bits per heavy atom. The molecular weight excluding hydrogens is 248 g/mol. The predicted octanol–water partition coefficient (Wildman–Crippen LogP) is 4.61. The van der Waals surface area contributed by atoms with Crippen molar-refractivity contribution in [2.24, 2.45) is 0 Å². The van der Waals surface area contributed by atoms with Crippen molar-refractivity contribution < 1.29 is 4.79 Å². The van der Waals surface area contributed by atoms with Gasteiger partial charge in [0.05, 0.1) is 0 Å². The molecule has 1 aliphatic rings. The number of carbonyl (C=O) groups excluding carboxylic acids is 1. The Bertz CT molecular complexity index is 439. The number of anilines is 1. The zero-order chi connectivity index (χ0) is 14.5. The van der Waals surface area contributed by atoms with Crippen LogP contribution in [0.1, 0.15) is 57.9 Å². The van der Waals surface area contributed by atoms with E-state index >= 15 is 0 Å². The Morgan fingerprint density at radius 2 is 2.00 bits per heavy atom. The molecule has 2 amide bonds. The summed E-state index contributed by atoms with van der Waals surface area (Å²) in [5, 5.41) is 3.03. The highest BCUT2D eigenvalue weighted by atomic mass is 16.2. The van der Waals surface area contributed by atoms with Gasteiger partial charge in [0.2, 0.25) is 0 Å². The first-order chi connectivity index (χ1) is 9.61. The summed E-state index contributed by atoms with van der Waals surface area (Å²) < 4.78 is 0. The van der Waals surface area contributed by atoms with E-state index in [4.69, 9.17) is 0 Å². The molecule has 1 aromatic carbocycles. The zero-order valence-electron chi connectivity index (χ0n) is 12.9. The van der Waals surface area contributed by atoms with Gasteiger partial charge in [-0.15, -0.1) is 0 Å². The summed E-state index contributed by atoms with van der Waals surface area (Å²) in [4.78, 5) is 14.4. The minimum Gasteiger partial charge on any atom is -0.322 e. The Hall–Kier alpha value is -1.51. The minimum atomic E-state index is 0.0499. The first-order valence-electron chi connectivity index (χ1n) is 7.79. The Morgan fingerprint density at radius 3 is 2.60 bits per heavy atom. The monoisotopic (exact) mass is 274 g/mol. The quantitative estimate of drug-likeness (QED) is 0.858. The summed E-state index contributed by atoms with van der Waals surface area (Å²) in [7, 11) is 0. The van der Waals surface area contributed by atoms with Crippen LogP contribution >= 0.6 is 0 Å². The van der Waals surface area contributed by atoms with Crippen molar-refractivity contribution in [1.82, 2.24) is 4.90 Å². The van der Waals surface area contributed by atoms with Gasteiger partial charge in [-0.3, -0.25) is 0 Å². The van der Waals surface area contributed by atoms with Crippen LogP contribution in [0.4, 0.5) is 10.5 Å². The van der Waals surface area contributed by atoms with Crippen LogP contribution in [0.2, 0.25) is 0 Å². The molecule has 0 aliphatic carbocycles. The Kier molecular flexibility index (Phi) is 5.05. The van der Waals surface area contributed by atoms with Gasteiger partial charge in [0.1, 0.15) is 0 Å². The molecule has 0 spiro atoms. The molecule has 0 saturated carbocycles. The van der Waals surface area contributed by atoms with Crippen molar-refractivity contribution in [1.29, 1.82) is 0 Å². The van der Waals surface area contributed by atoms with Gasteiger partial charge in [0.25, 0.3) is 0 Å². The molecule has 1 fully saturated rings. The number of carbonyl (C=O) groups is 1. The molecule has 20 heavy (non-hydrogen) atoms. The maximum absolute atomic E-state index is 12.4. The van der Waals surface area contributed by atoms with Crippen molar-refractivity contribution in [2.75, 3.05) is 11.9 Å². The summed E-state index contributed by atoms with van der Waals surface area (Å²) in [5.74, 6) is 0.520. The lowest BCUT2D eigenvalue weighted by molar-refractivity contribution is 0.160. The molecule has 1 aromatic rings. The van der Waals surface area contributed by atoms with E-state index in [1.165, 1.54) is 12.0 Å². The number of nitrogens with one attached hydrogen (secondary N) is 1. The summed E-state index contributed by atoms with van der Waals surface area (Å²) >= 11 is 0. The van der Waals surface area contributed by atoms with Crippen LogP contribution < -0.4 is 5.32 Å². The lowest BCUT2D eigenvalue weighted by atomic mass is 10.0. The van der Waals surface area contributed by atoms with Gasteiger partial charge in [-0.05, 0) is 49.3 Å². The molecule has 3 heteroatoms. The predicted molar refractivity (Wildman–Crippen MR) is 84.2 cm³/mol. The third-order valence-corrected chi connectivity index (χ3v) is 4.19. The number of amides is 2. The van der Waals surface area contributed by atoms with Gasteiger partial charge in [0.15, 0.2) is 0 Å². The van der Waals surface area contributed by atoms with Crippen LogP contribution in [0.5, 0.6) is 0 Å². The van der Waals surface area contributed by atoms with Gasteiger partial charge in [-0.25, -0.2) is 4.79 Å². The smallest absolute Gasteiger partial charge is 0.322 e. The van der Waals surface area contributed by atoms with Crippen LogP contribution in [0.3, 0.4) is 0 Å². The highest BCUT2D eigenvalue weighted by molar-refractivity contribution is 5.89. The van der Waals surface area contributed by atoms with E-state index in [1.54, 1.807) is 0 Å². The molecule has 0 radical (unpaired) electrons.